The quantitative estimate of drug-likeness (QED) is 0.211. The van der Waals surface area contributed by atoms with Crippen LogP contribution in [0.3, 0.4) is 0 Å². The first-order chi connectivity index (χ1) is 18.5. The first-order valence-corrected chi connectivity index (χ1v) is 13.7. The van der Waals surface area contributed by atoms with Gasteiger partial charge in [0.2, 0.25) is 0 Å². The maximum absolute atomic E-state index is 12.7. The number of hydrazine groups is 1. The lowest BCUT2D eigenvalue weighted by molar-refractivity contribution is 0.0940. The molecule has 5 N–H and O–H groups in total. The number of aryl methyl sites for hydroxylation is 2. The molecule has 2 heterocycles. The SMILES string of the molecule is CCN1CCCC1CNC(=O)c1cnc(NNC(O)NC2c3ccccc3CCc3ccccc32)c(Cl)c1. The van der Waals surface area contributed by atoms with Crippen LogP contribution >= 0.6 is 11.6 Å². The van der Waals surface area contributed by atoms with Crippen LogP contribution < -0.4 is 21.5 Å². The molecule has 1 fully saturated rings. The fourth-order valence-electron chi connectivity index (χ4n) is 5.55. The second-order valence-corrected chi connectivity index (χ2v) is 10.3. The minimum Gasteiger partial charge on any atom is -0.364 e. The lowest BCUT2D eigenvalue weighted by atomic mass is 9.95. The predicted molar refractivity (Wildman–Crippen MR) is 150 cm³/mol. The van der Waals surface area contributed by atoms with E-state index < -0.39 is 6.35 Å². The van der Waals surface area contributed by atoms with Gasteiger partial charge in [-0.1, -0.05) is 67.1 Å². The topological polar surface area (TPSA) is 102 Å². The molecule has 2 unspecified atom stereocenters. The van der Waals surface area contributed by atoms with E-state index in [0.717, 1.165) is 49.9 Å². The van der Waals surface area contributed by atoms with Crippen molar-refractivity contribution in [3.05, 3.63) is 93.6 Å². The number of likely N-dealkylation sites (tertiary alicyclic amines) is 1. The number of aliphatic hydroxyl groups is 1. The number of nitrogens with one attached hydrogen (secondary N) is 4. The smallest absolute Gasteiger partial charge is 0.252 e. The van der Waals surface area contributed by atoms with Crippen LogP contribution in [0.1, 0.15) is 58.4 Å². The van der Waals surface area contributed by atoms with Crippen LogP contribution in [0.4, 0.5) is 5.82 Å². The van der Waals surface area contributed by atoms with E-state index in [1.807, 2.05) is 24.3 Å². The van der Waals surface area contributed by atoms with Gasteiger partial charge in [0.15, 0.2) is 12.2 Å². The number of aromatic nitrogens is 1. The number of rotatable bonds is 9. The number of benzene rings is 2. The number of likely N-dealkylation sites (N-methyl/N-ethyl adjacent to an activating group) is 1. The molecule has 3 aromatic rings. The number of hydrogen-bond acceptors (Lipinski definition) is 7. The number of carbonyl (C=O) groups is 1. The van der Waals surface area contributed by atoms with Gasteiger partial charge in [-0.25, -0.2) is 4.98 Å². The van der Waals surface area contributed by atoms with Gasteiger partial charge in [-0.15, -0.1) is 0 Å². The first-order valence-electron chi connectivity index (χ1n) is 13.3. The standard InChI is InChI=1S/C29H35ClN6O2/c1-2-36-15-7-10-22(36)18-32-28(37)21-16-25(30)27(31-17-21)34-35-29(38)33-26-23-11-5-3-8-19(23)13-14-20-9-4-6-12-24(20)26/h3-6,8-9,11-12,16-17,22,26,29,33,35,38H,2,7,10,13-15,18H2,1H3,(H,31,34)(H,32,37). The summed E-state index contributed by atoms with van der Waals surface area (Å²) < 4.78 is 0. The molecule has 0 spiro atoms. The Bertz CT molecular complexity index is 1220. The van der Waals surface area contributed by atoms with E-state index in [4.69, 9.17) is 11.6 Å². The Kier molecular flexibility index (Phi) is 8.56. The first kappa shape index (κ1) is 26.6. The monoisotopic (exact) mass is 534 g/mol. The highest BCUT2D eigenvalue weighted by Gasteiger charge is 2.26. The second kappa shape index (κ2) is 12.2. The van der Waals surface area contributed by atoms with E-state index in [9.17, 15) is 9.90 Å². The maximum Gasteiger partial charge on any atom is 0.252 e. The number of carbonyl (C=O) groups excluding carboxylic acids is 1. The zero-order valence-electron chi connectivity index (χ0n) is 21.6. The van der Waals surface area contributed by atoms with Crippen molar-refractivity contribution in [1.82, 2.24) is 25.9 Å². The zero-order chi connectivity index (χ0) is 26.5. The van der Waals surface area contributed by atoms with Crippen LogP contribution in [0, 0.1) is 0 Å². The van der Waals surface area contributed by atoms with Gasteiger partial charge in [-0.05, 0) is 67.1 Å². The molecule has 2 atom stereocenters. The van der Waals surface area contributed by atoms with Crippen LogP contribution in [-0.4, -0.2) is 52.9 Å². The average Bonchev–Trinajstić information content (AvgIpc) is 3.34. The zero-order valence-corrected chi connectivity index (χ0v) is 22.3. The number of anilines is 1. The van der Waals surface area contributed by atoms with Gasteiger partial charge in [0.25, 0.3) is 5.91 Å². The molecule has 2 aliphatic rings. The molecule has 1 amide bonds. The third-order valence-corrected chi connectivity index (χ3v) is 7.84. The van der Waals surface area contributed by atoms with E-state index in [2.05, 4.69) is 62.6 Å². The number of amides is 1. The largest absolute Gasteiger partial charge is 0.364 e. The minimum atomic E-state index is -1.10. The Morgan fingerprint density at radius 1 is 1.13 bits per heavy atom. The van der Waals surface area contributed by atoms with Gasteiger partial charge in [-0.3, -0.25) is 15.0 Å². The van der Waals surface area contributed by atoms with Crippen LogP contribution in [0.2, 0.25) is 5.02 Å². The molecule has 0 saturated carbocycles. The maximum atomic E-state index is 12.7. The predicted octanol–water partition coefficient (Wildman–Crippen LogP) is 3.62. The summed E-state index contributed by atoms with van der Waals surface area (Å²) >= 11 is 6.42. The minimum absolute atomic E-state index is 0.188. The molecule has 9 heteroatoms. The Labute approximate surface area is 228 Å². The second-order valence-electron chi connectivity index (χ2n) is 9.86. The number of pyridine rings is 1. The van der Waals surface area contributed by atoms with Gasteiger partial charge in [-0.2, -0.15) is 5.43 Å². The summed E-state index contributed by atoms with van der Waals surface area (Å²) in [5.41, 5.74) is 10.9. The van der Waals surface area contributed by atoms with Crippen molar-refractivity contribution >= 4 is 23.3 Å². The van der Waals surface area contributed by atoms with Crippen molar-refractivity contribution in [2.75, 3.05) is 25.1 Å². The highest BCUT2D eigenvalue weighted by molar-refractivity contribution is 6.33. The van der Waals surface area contributed by atoms with Crippen molar-refractivity contribution < 1.29 is 9.90 Å². The molecule has 1 aromatic heterocycles. The van der Waals surface area contributed by atoms with E-state index in [1.165, 1.54) is 17.3 Å². The lowest BCUT2D eigenvalue weighted by Crippen LogP contribution is -2.47. The third kappa shape index (κ3) is 6.00. The summed E-state index contributed by atoms with van der Waals surface area (Å²) in [5, 5.41) is 17.4. The van der Waals surface area contributed by atoms with Crippen LogP contribution in [0.5, 0.6) is 0 Å². The van der Waals surface area contributed by atoms with Gasteiger partial charge < -0.3 is 15.8 Å². The van der Waals surface area contributed by atoms with Crippen molar-refractivity contribution in [1.29, 1.82) is 0 Å². The molecule has 1 saturated heterocycles. The summed E-state index contributed by atoms with van der Waals surface area (Å²) in [7, 11) is 0. The number of aliphatic hydroxyl groups excluding tert-OH is 1. The van der Waals surface area contributed by atoms with Crippen LogP contribution in [0.25, 0.3) is 0 Å². The summed E-state index contributed by atoms with van der Waals surface area (Å²) in [6, 6.07) is 18.4. The summed E-state index contributed by atoms with van der Waals surface area (Å²) in [5.74, 6) is 0.118. The highest BCUT2D eigenvalue weighted by atomic mass is 35.5. The molecular formula is C29H35ClN6O2. The molecule has 38 heavy (non-hydrogen) atoms. The van der Waals surface area contributed by atoms with Crippen LogP contribution in [-0.2, 0) is 12.8 Å². The molecule has 5 rings (SSSR count). The molecule has 0 radical (unpaired) electrons. The van der Waals surface area contributed by atoms with Crippen molar-refractivity contribution in [2.24, 2.45) is 0 Å². The van der Waals surface area contributed by atoms with Gasteiger partial charge in [0.05, 0.1) is 16.6 Å². The van der Waals surface area contributed by atoms with E-state index >= 15 is 0 Å². The fraction of sp³-hybridized carbons (Fsp3) is 0.379. The molecule has 1 aliphatic carbocycles. The fourth-order valence-corrected chi connectivity index (χ4v) is 5.76. The highest BCUT2D eigenvalue weighted by Crippen LogP contribution is 2.32. The van der Waals surface area contributed by atoms with Crippen LogP contribution in [0.15, 0.2) is 60.8 Å². The Morgan fingerprint density at radius 2 is 1.82 bits per heavy atom. The van der Waals surface area contributed by atoms with E-state index in [-0.39, 0.29) is 17.0 Å². The molecule has 1 aliphatic heterocycles. The van der Waals surface area contributed by atoms with Gasteiger partial charge in [0.1, 0.15) is 0 Å². The molecule has 2 aromatic carbocycles. The number of fused-ring (bicyclic) bond motifs is 2. The molecular weight excluding hydrogens is 500 g/mol. The lowest BCUT2D eigenvalue weighted by Gasteiger charge is -2.26. The molecule has 200 valence electrons. The molecule has 8 nitrogen and oxygen atoms in total. The van der Waals surface area contributed by atoms with E-state index in [0.29, 0.717) is 24.0 Å². The summed E-state index contributed by atoms with van der Waals surface area (Å²) in [6.07, 6.45) is 4.53. The molecule has 0 bridgehead atoms. The van der Waals surface area contributed by atoms with Gasteiger partial charge >= 0.3 is 0 Å². The van der Waals surface area contributed by atoms with E-state index in [1.54, 1.807) is 6.07 Å². The van der Waals surface area contributed by atoms with Crippen molar-refractivity contribution in [2.45, 2.75) is 51.0 Å². The Morgan fingerprint density at radius 3 is 2.47 bits per heavy atom. The Hall–Kier alpha value is -3.01. The van der Waals surface area contributed by atoms with Gasteiger partial charge in [0, 0.05) is 18.8 Å². The number of nitrogens with zero attached hydrogens (tertiary/aromatic N) is 2. The Balaban J connectivity index is 1.20. The normalized spacial score (nSPS) is 18.3. The number of hydrogen-bond donors (Lipinski definition) is 5. The average molecular weight is 535 g/mol. The van der Waals surface area contributed by atoms with Crippen molar-refractivity contribution in [3.63, 3.8) is 0 Å². The number of halogens is 1. The van der Waals surface area contributed by atoms with Crippen molar-refractivity contribution in [3.8, 4) is 0 Å². The summed E-state index contributed by atoms with van der Waals surface area (Å²) in [6.45, 7) is 4.82. The summed E-state index contributed by atoms with van der Waals surface area (Å²) in [4.78, 5) is 19.3. The third-order valence-electron chi connectivity index (χ3n) is 7.55.